The summed E-state index contributed by atoms with van der Waals surface area (Å²) < 4.78 is 0. The number of rotatable bonds is 3. The van der Waals surface area contributed by atoms with Crippen LogP contribution in [0, 0.1) is 5.92 Å². The van der Waals surface area contributed by atoms with Gasteiger partial charge in [-0.25, -0.2) is 0 Å². The van der Waals surface area contributed by atoms with Crippen LogP contribution in [0.1, 0.15) is 13.8 Å². The molecule has 4 heteroatoms. The molecule has 1 atom stereocenters. The lowest BCUT2D eigenvalue weighted by atomic mass is 10.1. The van der Waals surface area contributed by atoms with Crippen molar-refractivity contribution in [2.75, 3.05) is 5.32 Å². The van der Waals surface area contributed by atoms with Gasteiger partial charge in [0.15, 0.2) is 0 Å². The molecule has 0 fully saturated rings. The van der Waals surface area contributed by atoms with Gasteiger partial charge in [-0.05, 0) is 18.1 Å². The summed E-state index contributed by atoms with van der Waals surface area (Å²) >= 11 is 3.38. The second kappa shape index (κ2) is 5.48. The molecule has 2 rings (SSSR count). The standard InChI is InChI=1S/C14H15BrN2O/c1-9(2)13(15)14(18)17-11-7-10-5-3-4-6-12(10)16-8-11/h3-9,13H,1-2H3,(H,17,18). The summed E-state index contributed by atoms with van der Waals surface area (Å²) in [6.45, 7) is 4.00. The van der Waals surface area contributed by atoms with Crippen LogP contribution in [0.15, 0.2) is 36.5 Å². The highest BCUT2D eigenvalue weighted by Crippen LogP contribution is 2.18. The summed E-state index contributed by atoms with van der Waals surface area (Å²) in [6, 6.07) is 9.76. The number of nitrogens with one attached hydrogen (secondary N) is 1. The molecule has 0 aliphatic carbocycles. The molecule has 0 bridgehead atoms. The third kappa shape index (κ3) is 2.88. The van der Waals surface area contributed by atoms with Crippen LogP contribution in [0.25, 0.3) is 10.9 Å². The van der Waals surface area contributed by atoms with Gasteiger partial charge in [-0.1, -0.05) is 48.0 Å². The number of aromatic nitrogens is 1. The largest absolute Gasteiger partial charge is 0.324 e. The minimum absolute atomic E-state index is 0.0397. The Kier molecular flexibility index (Phi) is 3.97. The highest BCUT2D eigenvalue weighted by atomic mass is 79.9. The molecule has 0 radical (unpaired) electrons. The predicted molar refractivity (Wildman–Crippen MR) is 77.9 cm³/mol. The van der Waals surface area contributed by atoms with Crippen LogP contribution in [0.4, 0.5) is 5.69 Å². The van der Waals surface area contributed by atoms with E-state index in [4.69, 9.17) is 0 Å². The molecule has 2 aromatic rings. The molecular weight excluding hydrogens is 292 g/mol. The van der Waals surface area contributed by atoms with Gasteiger partial charge < -0.3 is 5.32 Å². The zero-order valence-electron chi connectivity index (χ0n) is 10.4. The van der Waals surface area contributed by atoms with Crippen molar-refractivity contribution >= 4 is 38.4 Å². The Balaban J connectivity index is 2.19. The summed E-state index contributed by atoms with van der Waals surface area (Å²) in [7, 11) is 0. The third-order valence-electron chi connectivity index (χ3n) is 2.69. The number of benzene rings is 1. The first kappa shape index (κ1) is 13.0. The van der Waals surface area contributed by atoms with Crippen molar-refractivity contribution in [1.29, 1.82) is 0 Å². The Bertz CT molecular complexity index is 568. The van der Waals surface area contributed by atoms with E-state index in [0.29, 0.717) is 0 Å². The van der Waals surface area contributed by atoms with Crippen molar-refractivity contribution in [3.05, 3.63) is 36.5 Å². The zero-order valence-corrected chi connectivity index (χ0v) is 11.9. The number of amides is 1. The number of halogens is 1. The summed E-state index contributed by atoms with van der Waals surface area (Å²) in [5, 5.41) is 3.89. The lowest BCUT2D eigenvalue weighted by Crippen LogP contribution is -2.27. The first-order valence-corrected chi connectivity index (χ1v) is 6.79. The topological polar surface area (TPSA) is 42.0 Å². The van der Waals surface area contributed by atoms with E-state index < -0.39 is 0 Å². The zero-order chi connectivity index (χ0) is 13.1. The van der Waals surface area contributed by atoms with E-state index >= 15 is 0 Å². The number of pyridine rings is 1. The average molecular weight is 307 g/mol. The smallest absolute Gasteiger partial charge is 0.238 e. The molecule has 94 valence electrons. The summed E-state index contributed by atoms with van der Waals surface area (Å²) in [6.07, 6.45) is 1.68. The van der Waals surface area contributed by atoms with E-state index in [1.807, 2.05) is 44.2 Å². The minimum atomic E-state index is -0.191. The van der Waals surface area contributed by atoms with Crippen molar-refractivity contribution in [3.63, 3.8) is 0 Å². The minimum Gasteiger partial charge on any atom is -0.324 e. The van der Waals surface area contributed by atoms with Gasteiger partial charge in [0.2, 0.25) is 5.91 Å². The highest BCUT2D eigenvalue weighted by molar-refractivity contribution is 9.10. The maximum atomic E-state index is 11.9. The van der Waals surface area contributed by atoms with Gasteiger partial charge in [-0.2, -0.15) is 0 Å². The number of nitrogens with zero attached hydrogens (tertiary/aromatic N) is 1. The molecule has 0 saturated heterocycles. The van der Waals surface area contributed by atoms with Crippen molar-refractivity contribution in [2.24, 2.45) is 5.92 Å². The number of alkyl halides is 1. The molecule has 1 aromatic carbocycles. The molecule has 1 unspecified atom stereocenters. The fourth-order valence-corrected chi connectivity index (χ4v) is 1.77. The van der Waals surface area contributed by atoms with Gasteiger partial charge >= 0.3 is 0 Å². The normalized spacial score (nSPS) is 12.7. The van der Waals surface area contributed by atoms with E-state index in [9.17, 15) is 4.79 Å². The van der Waals surface area contributed by atoms with E-state index in [1.165, 1.54) is 0 Å². The van der Waals surface area contributed by atoms with Crippen LogP contribution >= 0.6 is 15.9 Å². The molecule has 1 aromatic heterocycles. The maximum Gasteiger partial charge on any atom is 0.238 e. The Hall–Kier alpha value is -1.42. The lowest BCUT2D eigenvalue weighted by molar-refractivity contribution is -0.116. The Morgan fingerprint density at radius 2 is 2.06 bits per heavy atom. The highest BCUT2D eigenvalue weighted by Gasteiger charge is 2.18. The molecule has 0 spiro atoms. The van der Waals surface area contributed by atoms with E-state index in [2.05, 4.69) is 26.2 Å². The number of hydrogen-bond donors (Lipinski definition) is 1. The van der Waals surface area contributed by atoms with E-state index in [-0.39, 0.29) is 16.7 Å². The van der Waals surface area contributed by atoms with Crippen molar-refractivity contribution in [1.82, 2.24) is 4.98 Å². The van der Waals surface area contributed by atoms with Gasteiger partial charge in [0.1, 0.15) is 0 Å². The Morgan fingerprint density at radius 1 is 1.33 bits per heavy atom. The number of fused-ring (bicyclic) bond motifs is 1. The van der Waals surface area contributed by atoms with Crippen LogP contribution in [0.3, 0.4) is 0 Å². The summed E-state index contributed by atoms with van der Waals surface area (Å²) in [4.78, 5) is 16.0. The number of anilines is 1. The van der Waals surface area contributed by atoms with Crippen molar-refractivity contribution < 1.29 is 4.79 Å². The second-order valence-electron chi connectivity index (χ2n) is 4.55. The van der Waals surface area contributed by atoms with Crippen LogP contribution < -0.4 is 5.32 Å². The Morgan fingerprint density at radius 3 is 2.78 bits per heavy atom. The van der Waals surface area contributed by atoms with Crippen LogP contribution in [0.5, 0.6) is 0 Å². The number of para-hydroxylation sites is 1. The van der Waals surface area contributed by atoms with E-state index in [1.54, 1.807) is 6.20 Å². The molecule has 0 aliphatic rings. The van der Waals surface area contributed by atoms with Gasteiger partial charge in [-0.3, -0.25) is 9.78 Å². The van der Waals surface area contributed by atoms with Crippen molar-refractivity contribution in [2.45, 2.75) is 18.7 Å². The summed E-state index contributed by atoms with van der Waals surface area (Å²) in [5.41, 5.74) is 1.65. The fraction of sp³-hybridized carbons (Fsp3) is 0.286. The molecule has 0 saturated carbocycles. The molecule has 1 N–H and O–H groups in total. The van der Waals surface area contributed by atoms with Gasteiger partial charge in [-0.15, -0.1) is 0 Å². The Labute approximate surface area is 115 Å². The van der Waals surface area contributed by atoms with Crippen LogP contribution in [0.2, 0.25) is 0 Å². The predicted octanol–water partition coefficient (Wildman–Crippen LogP) is 3.59. The van der Waals surface area contributed by atoms with Crippen molar-refractivity contribution in [3.8, 4) is 0 Å². The molecule has 1 heterocycles. The monoisotopic (exact) mass is 306 g/mol. The van der Waals surface area contributed by atoms with E-state index in [0.717, 1.165) is 16.6 Å². The van der Waals surface area contributed by atoms with Crippen LogP contribution in [-0.4, -0.2) is 15.7 Å². The molecule has 3 nitrogen and oxygen atoms in total. The first-order valence-electron chi connectivity index (χ1n) is 5.87. The van der Waals surface area contributed by atoms with Gasteiger partial charge in [0.05, 0.1) is 22.2 Å². The third-order valence-corrected chi connectivity index (χ3v) is 4.17. The molecule has 1 amide bonds. The second-order valence-corrected chi connectivity index (χ2v) is 5.54. The van der Waals surface area contributed by atoms with Gasteiger partial charge in [0, 0.05) is 5.39 Å². The average Bonchev–Trinajstić information content (AvgIpc) is 2.37. The fourth-order valence-electron chi connectivity index (χ4n) is 1.65. The summed E-state index contributed by atoms with van der Waals surface area (Å²) in [5.74, 6) is 0.209. The number of carbonyl (C=O) groups excluding carboxylic acids is 1. The van der Waals surface area contributed by atoms with Gasteiger partial charge in [0.25, 0.3) is 0 Å². The SMILES string of the molecule is CC(C)C(Br)C(=O)Nc1cnc2ccccc2c1. The quantitative estimate of drug-likeness (QED) is 0.881. The molecule has 0 aliphatic heterocycles. The number of carbonyl (C=O) groups is 1. The maximum absolute atomic E-state index is 11.9. The molecular formula is C14H15BrN2O. The first-order chi connectivity index (χ1) is 8.58. The van der Waals surface area contributed by atoms with Crippen LogP contribution in [-0.2, 0) is 4.79 Å². The molecule has 18 heavy (non-hydrogen) atoms. The lowest BCUT2D eigenvalue weighted by Gasteiger charge is -2.13. The number of hydrogen-bond acceptors (Lipinski definition) is 2.